The van der Waals surface area contributed by atoms with Crippen molar-refractivity contribution in [3.05, 3.63) is 35.6 Å². The van der Waals surface area contributed by atoms with Gasteiger partial charge in [-0.1, -0.05) is 13.0 Å². The molecule has 0 N–H and O–H groups in total. The molecule has 2 aromatic rings. The van der Waals surface area contributed by atoms with Crippen molar-refractivity contribution >= 4 is 22.1 Å². The number of fused-ring (bicyclic) bond motifs is 1. The van der Waals surface area contributed by atoms with Crippen LogP contribution in [0.5, 0.6) is 0 Å². The van der Waals surface area contributed by atoms with Crippen molar-refractivity contribution in [3.8, 4) is 0 Å². The van der Waals surface area contributed by atoms with Crippen molar-refractivity contribution < 1.29 is 4.79 Å². The van der Waals surface area contributed by atoms with Crippen LogP contribution in [-0.4, -0.2) is 15.2 Å². The van der Waals surface area contributed by atoms with E-state index in [0.29, 0.717) is 6.42 Å². The summed E-state index contributed by atoms with van der Waals surface area (Å²) < 4.78 is 1.94. The number of carbonyl (C=O) groups excluding carboxylic acids is 1. The predicted molar refractivity (Wildman–Crippen MR) is 61.2 cm³/mol. The first-order valence-electron chi connectivity index (χ1n) is 4.90. The predicted octanol–water partition coefficient (Wildman–Crippen LogP) is 2.47. The van der Waals surface area contributed by atoms with E-state index < -0.39 is 0 Å². The van der Waals surface area contributed by atoms with Gasteiger partial charge in [0, 0.05) is 17.8 Å². The maximum absolute atomic E-state index is 11.4. The molecule has 0 saturated heterocycles. The minimum absolute atomic E-state index is 0.114. The van der Waals surface area contributed by atoms with Gasteiger partial charge in [-0.3, -0.25) is 9.20 Å². The molecule has 2 rings (SSSR count). The second kappa shape index (κ2) is 4.40. The Bertz CT molecular complexity index is 467. The Morgan fingerprint density at radius 3 is 3.27 bits per heavy atom. The minimum atomic E-state index is 0.114. The summed E-state index contributed by atoms with van der Waals surface area (Å²) in [6.45, 7) is 2.01. The fourth-order valence-electron chi connectivity index (χ4n) is 1.35. The second-order valence-electron chi connectivity index (χ2n) is 3.28. The highest BCUT2D eigenvalue weighted by atomic mass is 32.1. The number of rotatable bonds is 4. The molecule has 0 fully saturated rings. The molecule has 0 unspecified atom stereocenters. The van der Waals surface area contributed by atoms with E-state index in [9.17, 15) is 4.79 Å². The van der Waals surface area contributed by atoms with Gasteiger partial charge in [0.2, 0.25) is 0 Å². The van der Waals surface area contributed by atoms with E-state index >= 15 is 0 Å². The lowest BCUT2D eigenvalue weighted by Crippen LogP contribution is -1.98. The van der Waals surface area contributed by atoms with Crippen LogP contribution in [0, 0.1) is 0 Å². The molecular weight excluding hydrogens is 208 g/mol. The number of thiazole rings is 1. The van der Waals surface area contributed by atoms with E-state index in [1.807, 2.05) is 35.2 Å². The van der Waals surface area contributed by atoms with Crippen LogP contribution in [0.3, 0.4) is 0 Å². The van der Waals surface area contributed by atoms with Gasteiger partial charge in [0.25, 0.3) is 0 Å². The van der Waals surface area contributed by atoms with Gasteiger partial charge in [-0.05, 0) is 12.5 Å². The summed E-state index contributed by atoms with van der Waals surface area (Å²) in [5.41, 5.74) is 0.840. The highest BCUT2D eigenvalue weighted by molar-refractivity contribution is 7.15. The highest BCUT2D eigenvalue weighted by Crippen LogP contribution is 2.11. The van der Waals surface area contributed by atoms with Crippen LogP contribution in [0.4, 0.5) is 0 Å². The zero-order valence-corrected chi connectivity index (χ0v) is 9.33. The van der Waals surface area contributed by atoms with Gasteiger partial charge in [-0.2, -0.15) is 0 Å². The van der Waals surface area contributed by atoms with Crippen molar-refractivity contribution in [3.63, 3.8) is 0 Å². The van der Waals surface area contributed by atoms with Crippen LogP contribution < -0.4 is 0 Å². The smallest absolute Gasteiger partial charge is 0.193 e. The summed E-state index contributed by atoms with van der Waals surface area (Å²) >= 11 is 1.58. The SMILES string of the molecule is CC/C=C/C(=O)Cc1cn2ccsc2n1. The maximum atomic E-state index is 11.4. The zero-order valence-electron chi connectivity index (χ0n) is 8.51. The number of nitrogens with zero attached hydrogens (tertiary/aromatic N) is 2. The Morgan fingerprint density at radius 2 is 2.53 bits per heavy atom. The van der Waals surface area contributed by atoms with Crippen molar-refractivity contribution in [2.24, 2.45) is 0 Å². The fourth-order valence-corrected chi connectivity index (χ4v) is 2.07. The number of imidazole rings is 1. The summed E-state index contributed by atoms with van der Waals surface area (Å²) in [6, 6.07) is 0. The highest BCUT2D eigenvalue weighted by Gasteiger charge is 2.05. The number of allylic oxidation sites excluding steroid dienone is 2. The molecule has 0 saturated carbocycles. The van der Waals surface area contributed by atoms with Crippen molar-refractivity contribution in [2.75, 3.05) is 0 Å². The van der Waals surface area contributed by atoms with E-state index in [4.69, 9.17) is 0 Å². The Hall–Kier alpha value is -1.42. The molecule has 0 bridgehead atoms. The lowest BCUT2D eigenvalue weighted by atomic mass is 10.2. The molecule has 78 valence electrons. The number of ketones is 1. The monoisotopic (exact) mass is 220 g/mol. The average Bonchev–Trinajstić information content (AvgIpc) is 2.74. The van der Waals surface area contributed by atoms with Gasteiger partial charge in [0.15, 0.2) is 10.7 Å². The van der Waals surface area contributed by atoms with Crippen molar-refractivity contribution in [1.29, 1.82) is 0 Å². The molecule has 0 aliphatic rings. The molecule has 0 atom stereocenters. The number of aromatic nitrogens is 2. The zero-order chi connectivity index (χ0) is 10.7. The molecule has 0 radical (unpaired) electrons. The van der Waals surface area contributed by atoms with Gasteiger partial charge in [0.1, 0.15) is 0 Å². The molecule has 0 spiro atoms. The quantitative estimate of drug-likeness (QED) is 0.742. The summed E-state index contributed by atoms with van der Waals surface area (Å²) in [5.74, 6) is 0.114. The van der Waals surface area contributed by atoms with Crippen molar-refractivity contribution in [1.82, 2.24) is 9.38 Å². The normalized spacial score (nSPS) is 11.5. The molecule has 15 heavy (non-hydrogen) atoms. The molecule has 2 heterocycles. The number of hydrogen-bond acceptors (Lipinski definition) is 3. The summed E-state index contributed by atoms with van der Waals surface area (Å²) in [7, 11) is 0. The molecule has 0 aromatic carbocycles. The summed E-state index contributed by atoms with van der Waals surface area (Å²) in [6.07, 6.45) is 8.65. The van der Waals surface area contributed by atoms with Gasteiger partial charge in [-0.15, -0.1) is 11.3 Å². The lowest BCUT2D eigenvalue weighted by Gasteiger charge is -1.89. The van der Waals surface area contributed by atoms with Crippen LogP contribution in [0.15, 0.2) is 29.9 Å². The third kappa shape index (κ3) is 2.33. The van der Waals surface area contributed by atoms with E-state index in [-0.39, 0.29) is 5.78 Å². The molecule has 0 amide bonds. The Morgan fingerprint density at radius 1 is 1.67 bits per heavy atom. The van der Waals surface area contributed by atoms with E-state index in [1.165, 1.54) is 0 Å². The van der Waals surface area contributed by atoms with Gasteiger partial charge >= 0.3 is 0 Å². The second-order valence-corrected chi connectivity index (χ2v) is 4.15. The third-order valence-corrected chi connectivity index (χ3v) is 2.81. The molecule has 0 aliphatic heterocycles. The van der Waals surface area contributed by atoms with Crippen LogP contribution in [0.25, 0.3) is 4.96 Å². The van der Waals surface area contributed by atoms with Gasteiger partial charge in [0.05, 0.1) is 12.1 Å². The third-order valence-electron chi connectivity index (χ3n) is 2.04. The van der Waals surface area contributed by atoms with Crippen LogP contribution in [0.1, 0.15) is 19.0 Å². The molecule has 0 aliphatic carbocycles. The molecule has 4 heteroatoms. The molecule has 3 nitrogen and oxygen atoms in total. The van der Waals surface area contributed by atoms with Crippen LogP contribution in [-0.2, 0) is 11.2 Å². The average molecular weight is 220 g/mol. The van der Waals surface area contributed by atoms with Crippen LogP contribution in [0.2, 0.25) is 0 Å². The minimum Gasteiger partial charge on any atom is -0.297 e. The first-order chi connectivity index (χ1) is 7.29. The maximum Gasteiger partial charge on any atom is 0.193 e. The van der Waals surface area contributed by atoms with E-state index in [1.54, 1.807) is 17.4 Å². The van der Waals surface area contributed by atoms with Gasteiger partial charge < -0.3 is 0 Å². The molecule has 2 aromatic heterocycles. The summed E-state index contributed by atoms with van der Waals surface area (Å²) in [5, 5.41) is 1.98. The van der Waals surface area contributed by atoms with E-state index in [0.717, 1.165) is 17.1 Å². The first kappa shape index (κ1) is 10.1. The number of hydrogen-bond donors (Lipinski definition) is 0. The fraction of sp³-hybridized carbons (Fsp3) is 0.273. The van der Waals surface area contributed by atoms with Crippen LogP contribution >= 0.6 is 11.3 Å². The lowest BCUT2D eigenvalue weighted by molar-refractivity contribution is -0.114. The summed E-state index contributed by atoms with van der Waals surface area (Å²) in [4.78, 5) is 16.7. The largest absolute Gasteiger partial charge is 0.297 e. The number of carbonyl (C=O) groups is 1. The molecular formula is C11H12N2OS. The van der Waals surface area contributed by atoms with E-state index in [2.05, 4.69) is 4.98 Å². The Labute approximate surface area is 92.1 Å². The standard InChI is InChI=1S/C11H12N2OS/c1-2-3-4-10(14)7-9-8-13-5-6-15-11(13)12-9/h3-6,8H,2,7H2,1H3/b4-3+. The van der Waals surface area contributed by atoms with Crippen molar-refractivity contribution in [2.45, 2.75) is 19.8 Å². The van der Waals surface area contributed by atoms with Gasteiger partial charge in [-0.25, -0.2) is 4.98 Å². The Kier molecular flexibility index (Phi) is 2.97. The Balaban J connectivity index is 2.09. The topological polar surface area (TPSA) is 34.4 Å². The first-order valence-corrected chi connectivity index (χ1v) is 5.78.